The van der Waals surface area contributed by atoms with Gasteiger partial charge in [-0.1, -0.05) is 6.07 Å². The normalized spacial score (nSPS) is 11.7. The number of hydrogen-bond acceptors (Lipinski definition) is 3. The molecule has 0 aliphatic heterocycles. The number of benzene rings is 1. The Balaban J connectivity index is 2.00. The summed E-state index contributed by atoms with van der Waals surface area (Å²) in [6, 6.07) is 7.15. The third-order valence-electron chi connectivity index (χ3n) is 4.20. The third kappa shape index (κ3) is 3.07. The SMILES string of the molecule is Cc1nn(C(C)(C)C)cc1C(=O)Nc1cccc2c(=O)n(C)ccc12. The van der Waals surface area contributed by atoms with Gasteiger partial charge < -0.3 is 9.88 Å². The lowest BCUT2D eigenvalue weighted by atomic mass is 10.1. The number of aromatic nitrogens is 3. The Morgan fingerprint density at radius 3 is 2.52 bits per heavy atom. The first-order valence-electron chi connectivity index (χ1n) is 8.15. The van der Waals surface area contributed by atoms with Gasteiger partial charge in [-0.2, -0.15) is 5.10 Å². The van der Waals surface area contributed by atoms with Crippen molar-refractivity contribution in [3.05, 3.63) is 58.3 Å². The fraction of sp³-hybridized carbons (Fsp3) is 0.316. The van der Waals surface area contributed by atoms with Crippen LogP contribution in [0.25, 0.3) is 10.8 Å². The Bertz CT molecular complexity index is 1020. The molecule has 0 aliphatic rings. The molecule has 2 heterocycles. The van der Waals surface area contributed by atoms with Crippen molar-refractivity contribution < 1.29 is 4.79 Å². The lowest BCUT2D eigenvalue weighted by Gasteiger charge is -2.18. The molecule has 0 saturated carbocycles. The molecular formula is C19H22N4O2. The number of fused-ring (bicyclic) bond motifs is 1. The first-order valence-corrected chi connectivity index (χ1v) is 8.15. The number of amides is 1. The van der Waals surface area contributed by atoms with E-state index in [0.29, 0.717) is 22.3 Å². The van der Waals surface area contributed by atoms with Crippen molar-refractivity contribution in [2.24, 2.45) is 7.05 Å². The number of anilines is 1. The molecule has 0 bridgehead atoms. The van der Waals surface area contributed by atoms with Crippen LogP contribution in [0.1, 0.15) is 36.8 Å². The summed E-state index contributed by atoms with van der Waals surface area (Å²) in [5.74, 6) is -0.235. The van der Waals surface area contributed by atoms with Crippen LogP contribution in [0.2, 0.25) is 0 Å². The van der Waals surface area contributed by atoms with Crippen LogP contribution < -0.4 is 10.9 Å². The molecule has 0 fully saturated rings. The highest BCUT2D eigenvalue weighted by molar-refractivity contribution is 6.09. The van der Waals surface area contributed by atoms with E-state index in [1.807, 2.05) is 33.8 Å². The second-order valence-corrected chi connectivity index (χ2v) is 7.20. The predicted octanol–water partition coefficient (Wildman–Crippen LogP) is 3.05. The van der Waals surface area contributed by atoms with E-state index in [0.717, 1.165) is 5.39 Å². The van der Waals surface area contributed by atoms with E-state index in [2.05, 4.69) is 10.4 Å². The Labute approximate surface area is 146 Å². The number of carbonyl (C=O) groups excluding carboxylic acids is 1. The van der Waals surface area contributed by atoms with Gasteiger partial charge in [0.2, 0.25) is 0 Å². The monoisotopic (exact) mass is 338 g/mol. The van der Waals surface area contributed by atoms with Crippen LogP contribution in [0.4, 0.5) is 5.69 Å². The maximum atomic E-state index is 12.7. The highest BCUT2D eigenvalue weighted by Gasteiger charge is 2.20. The average Bonchev–Trinajstić information content (AvgIpc) is 2.93. The highest BCUT2D eigenvalue weighted by Crippen LogP contribution is 2.22. The maximum absolute atomic E-state index is 12.7. The zero-order valence-corrected chi connectivity index (χ0v) is 15.1. The van der Waals surface area contributed by atoms with Crippen molar-refractivity contribution in [3.63, 3.8) is 0 Å². The fourth-order valence-corrected chi connectivity index (χ4v) is 2.70. The van der Waals surface area contributed by atoms with Crippen LogP contribution in [0.3, 0.4) is 0 Å². The minimum atomic E-state index is -0.235. The molecule has 6 heteroatoms. The Morgan fingerprint density at radius 2 is 1.88 bits per heavy atom. The van der Waals surface area contributed by atoms with Crippen molar-refractivity contribution in [3.8, 4) is 0 Å². The van der Waals surface area contributed by atoms with Crippen molar-refractivity contribution in [1.29, 1.82) is 0 Å². The Hall–Kier alpha value is -2.89. The van der Waals surface area contributed by atoms with Gasteiger partial charge in [0, 0.05) is 35.9 Å². The number of carbonyl (C=O) groups is 1. The molecule has 25 heavy (non-hydrogen) atoms. The molecule has 0 radical (unpaired) electrons. The van der Waals surface area contributed by atoms with E-state index >= 15 is 0 Å². The second kappa shape index (κ2) is 5.88. The molecule has 0 saturated heterocycles. The number of nitrogens with zero attached hydrogens (tertiary/aromatic N) is 3. The van der Waals surface area contributed by atoms with Crippen LogP contribution in [-0.2, 0) is 12.6 Å². The lowest BCUT2D eigenvalue weighted by Crippen LogP contribution is -2.22. The van der Waals surface area contributed by atoms with Gasteiger partial charge in [-0.3, -0.25) is 14.3 Å². The summed E-state index contributed by atoms with van der Waals surface area (Å²) in [6.07, 6.45) is 3.46. The molecule has 3 aromatic rings. The average molecular weight is 338 g/mol. The zero-order chi connectivity index (χ0) is 18.4. The number of nitrogens with one attached hydrogen (secondary N) is 1. The van der Waals surface area contributed by atoms with Gasteiger partial charge in [-0.25, -0.2) is 0 Å². The van der Waals surface area contributed by atoms with E-state index in [1.54, 1.807) is 42.3 Å². The van der Waals surface area contributed by atoms with Crippen LogP contribution in [0.15, 0.2) is 41.5 Å². The summed E-state index contributed by atoms with van der Waals surface area (Å²) in [5.41, 5.74) is 1.52. The quantitative estimate of drug-likeness (QED) is 0.781. The molecule has 1 aromatic carbocycles. The Morgan fingerprint density at radius 1 is 1.16 bits per heavy atom. The summed E-state index contributed by atoms with van der Waals surface area (Å²) in [6.45, 7) is 7.90. The molecule has 2 aromatic heterocycles. The summed E-state index contributed by atoms with van der Waals surface area (Å²) in [4.78, 5) is 25.0. The molecule has 0 aliphatic carbocycles. The van der Waals surface area contributed by atoms with Gasteiger partial charge in [-0.05, 0) is 45.9 Å². The number of rotatable bonds is 2. The predicted molar refractivity (Wildman–Crippen MR) is 99.1 cm³/mol. The van der Waals surface area contributed by atoms with Crippen LogP contribution in [0.5, 0.6) is 0 Å². The minimum Gasteiger partial charge on any atom is -0.321 e. The van der Waals surface area contributed by atoms with E-state index < -0.39 is 0 Å². The number of hydrogen-bond donors (Lipinski definition) is 1. The molecule has 0 spiro atoms. The van der Waals surface area contributed by atoms with Crippen LogP contribution in [0, 0.1) is 6.92 Å². The van der Waals surface area contributed by atoms with Gasteiger partial charge >= 0.3 is 0 Å². The second-order valence-electron chi connectivity index (χ2n) is 7.20. The number of aryl methyl sites for hydroxylation is 2. The molecule has 130 valence electrons. The van der Waals surface area contributed by atoms with E-state index in [1.165, 1.54) is 4.57 Å². The van der Waals surface area contributed by atoms with Crippen molar-refractivity contribution in [1.82, 2.24) is 14.3 Å². The highest BCUT2D eigenvalue weighted by atomic mass is 16.1. The van der Waals surface area contributed by atoms with Gasteiger partial charge in [0.05, 0.1) is 16.8 Å². The summed E-state index contributed by atoms with van der Waals surface area (Å²) < 4.78 is 3.31. The zero-order valence-electron chi connectivity index (χ0n) is 15.1. The number of pyridine rings is 1. The van der Waals surface area contributed by atoms with Gasteiger partial charge in [0.25, 0.3) is 11.5 Å². The van der Waals surface area contributed by atoms with Crippen LogP contribution in [-0.4, -0.2) is 20.3 Å². The van der Waals surface area contributed by atoms with E-state index in [-0.39, 0.29) is 17.0 Å². The standard InChI is InChI=1S/C19H22N4O2/c1-12-15(11-23(21-12)19(2,3)4)17(24)20-16-8-6-7-14-13(16)9-10-22(5)18(14)25/h6-11H,1-5H3,(H,20,24). The van der Waals surface area contributed by atoms with Crippen molar-refractivity contribution in [2.45, 2.75) is 33.2 Å². The molecule has 3 rings (SSSR count). The summed E-state index contributed by atoms with van der Waals surface area (Å²) >= 11 is 0. The first kappa shape index (κ1) is 17.0. The molecule has 6 nitrogen and oxygen atoms in total. The smallest absolute Gasteiger partial charge is 0.259 e. The maximum Gasteiger partial charge on any atom is 0.259 e. The van der Waals surface area contributed by atoms with Crippen LogP contribution >= 0.6 is 0 Å². The summed E-state index contributed by atoms with van der Waals surface area (Å²) in [7, 11) is 1.71. The molecule has 0 unspecified atom stereocenters. The van der Waals surface area contributed by atoms with Gasteiger partial charge in [-0.15, -0.1) is 0 Å². The topological polar surface area (TPSA) is 68.9 Å². The summed E-state index contributed by atoms with van der Waals surface area (Å²) in [5, 5.41) is 8.64. The van der Waals surface area contributed by atoms with Crippen molar-refractivity contribution >= 4 is 22.4 Å². The lowest BCUT2D eigenvalue weighted by molar-refractivity contribution is 0.102. The first-order chi connectivity index (χ1) is 11.7. The molecular weight excluding hydrogens is 316 g/mol. The fourth-order valence-electron chi connectivity index (χ4n) is 2.70. The Kier molecular flexibility index (Phi) is 3.99. The minimum absolute atomic E-state index is 0.0923. The van der Waals surface area contributed by atoms with Crippen molar-refractivity contribution in [2.75, 3.05) is 5.32 Å². The van der Waals surface area contributed by atoms with Gasteiger partial charge in [0.15, 0.2) is 0 Å². The van der Waals surface area contributed by atoms with E-state index in [4.69, 9.17) is 0 Å². The molecule has 1 amide bonds. The van der Waals surface area contributed by atoms with E-state index in [9.17, 15) is 9.59 Å². The third-order valence-corrected chi connectivity index (χ3v) is 4.20. The largest absolute Gasteiger partial charge is 0.321 e. The molecule has 1 N–H and O–H groups in total. The van der Waals surface area contributed by atoms with Gasteiger partial charge in [0.1, 0.15) is 0 Å². The molecule has 0 atom stereocenters.